The van der Waals surface area contributed by atoms with Gasteiger partial charge in [0.1, 0.15) is 0 Å². The molecule has 1 heterocycles. The molecule has 0 saturated carbocycles. The summed E-state index contributed by atoms with van der Waals surface area (Å²) in [5.74, 6) is -0.166. The van der Waals surface area contributed by atoms with Gasteiger partial charge < -0.3 is 10.6 Å². The van der Waals surface area contributed by atoms with Gasteiger partial charge in [0.2, 0.25) is 5.91 Å². The van der Waals surface area contributed by atoms with E-state index in [9.17, 15) is 9.59 Å². The number of benzene rings is 1. The number of hydrogen-bond acceptors (Lipinski definition) is 2. The minimum atomic E-state index is -0.151. The summed E-state index contributed by atoms with van der Waals surface area (Å²) in [6.45, 7) is 2.44. The Labute approximate surface area is 108 Å². The Kier molecular flexibility index (Phi) is 3.47. The summed E-state index contributed by atoms with van der Waals surface area (Å²) in [7, 11) is 0. The molecule has 1 fully saturated rings. The molecule has 0 aliphatic carbocycles. The maximum atomic E-state index is 12.0. The summed E-state index contributed by atoms with van der Waals surface area (Å²) < 4.78 is 0.801. The van der Waals surface area contributed by atoms with Crippen LogP contribution in [0.15, 0.2) is 22.7 Å². The predicted molar refractivity (Wildman–Crippen MR) is 67.8 cm³/mol. The molecule has 1 unspecified atom stereocenters. The van der Waals surface area contributed by atoms with Gasteiger partial charge in [0.05, 0.1) is 11.6 Å². The van der Waals surface area contributed by atoms with Gasteiger partial charge in [-0.1, -0.05) is 12.1 Å². The fourth-order valence-corrected chi connectivity index (χ4v) is 2.24. The Morgan fingerprint density at radius 2 is 2.29 bits per heavy atom. The number of aryl methyl sites for hydroxylation is 1. The molecule has 2 N–H and O–H groups in total. The third-order valence-electron chi connectivity index (χ3n) is 2.75. The van der Waals surface area contributed by atoms with Crippen LogP contribution in [-0.4, -0.2) is 24.4 Å². The fourth-order valence-electron chi connectivity index (χ4n) is 1.79. The van der Waals surface area contributed by atoms with Gasteiger partial charge in [-0.15, -0.1) is 0 Å². The van der Waals surface area contributed by atoms with Gasteiger partial charge in [-0.25, -0.2) is 0 Å². The molecule has 0 radical (unpaired) electrons. The zero-order valence-corrected chi connectivity index (χ0v) is 11.0. The zero-order valence-electron chi connectivity index (χ0n) is 9.42. The van der Waals surface area contributed by atoms with Crippen molar-refractivity contribution in [2.45, 2.75) is 19.4 Å². The second-order valence-electron chi connectivity index (χ2n) is 4.12. The summed E-state index contributed by atoms with van der Waals surface area (Å²) in [5.41, 5.74) is 1.61. The molecular formula is C12H13BrN2O2. The van der Waals surface area contributed by atoms with Crippen molar-refractivity contribution in [1.82, 2.24) is 10.6 Å². The number of hydrogen-bond donors (Lipinski definition) is 2. The molecule has 17 heavy (non-hydrogen) atoms. The number of amides is 2. The van der Waals surface area contributed by atoms with Crippen LogP contribution in [0.3, 0.4) is 0 Å². The van der Waals surface area contributed by atoms with Crippen molar-refractivity contribution in [2.24, 2.45) is 0 Å². The lowest BCUT2D eigenvalue weighted by Crippen LogP contribution is -2.36. The Balaban J connectivity index is 2.09. The molecule has 0 bridgehead atoms. The highest BCUT2D eigenvalue weighted by Gasteiger charge is 2.24. The third-order valence-corrected chi connectivity index (χ3v) is 3.80. The molecule has 0 spiro atoms. The van der Waals surface area contributed by atoms with E-state index in [1.54, 1.807) is 6.07 Å². The van der Waals surface area contributed by atoms with E-state index in [2.05, 4.69) is 26.6 Å². The summed E-state index contributed by atoms with van der Waals surface area (Å²) in [6.07, 6.45) is 0.356. The normalized spacial score (nSPS) is 18.9. The quantitative estimate of drug-likeness (QED) is 0.866. The van der Waals surface area contributed by atoms with Crippen molar-refractivity contribution in [1.29, 1.82) is 0 Å². The minimum absolute atomic E-state index is 0.0152. The number of halogens is 1. The van der Waals surface area contributed by atoms with Gasteiger partial charge in [-0.2, -0.15) is 0 Å². The average molecular weight is 297 g/mol. The van der Waals surface area contributed by atoms with Crippen LogP contribution in [0.25, 0.3) is 0 Å². The molecule has 5 heteroatoms. The molecule has 1 aromatic carbocycles. The van der Waals surface area contributed by atoms with Gasteiger partial charge >= 0.3 is 0 Å². The molecule has 2 rings (SSSR count). The van der Waals surface area contributed by atoms with Gasteiger partial charge in [0, 0.05) is 17.4 Å². The summed E-state index contributed by atoms with van der Waals surface area (Å²) >= 11 is 3.40. The number of carbonyl (C=O) groups is 2. The van der Waals surface area contributed by atoms with Crippen LogP contribution in [0.4, 0.5) is 0 Å². The molecule has 0 aromatic heterocycles. The van der Waals surface area contributed by atoms with Crippen LogP contribution in [-0.2, 0) is 4.79 Å². The largest absolute Gasteiger partial charge is 0.354 e. The molecule has 2 amide bonds. The maximum Gasteiger partial charge on any atom is 0.252 e. The van der Waals surface area contributed by atoms with Gasteiger partial charge in [-0.3, -0.25) is 9.59 Å². The van der Waals surface area contributed by atoms with E-state index in [4.69, 9.17) is 0 Å². The van der Waals surface area contributed by atoms with Crippen molar-refractivity contribution in [3.8, 4) is 0 Å². The molecule has 1 aromatic rings. The first-order valence-corrected chi connectivity index (χ1v) is 6.20. The maximum absolute atomic E-state index is 12.0. The van der Waals surface area contributed by atoms with Crippen LogP contribution in [0, 0.1) is 6.92 Å². The second kappa shape index (κ2) is 4.87. The summed E-state index contributed by atoms with van der Waals surface area (Å²) in [5, 5.41) is 5.53. The first-order valence-electron chi connectivity index (χ1n) is 5.40. The fraction of sp³-hybridized carbons (Fsp3) is 0.333. The molecule has 1 aliphatic rings. The highest BCUT2D eigenvalue weighted by atomic mass is 79.9. The van der Waals surface area contributed by atoms with Crippen LogP contribution in [0.2, 0.25) is 0 Å². The number of nitrogens with one attached hydrogen (secondary N) is 2. The van der Waals surface area contributed by atoms with Crippen LogP contribution in [0.1, 0.15) is 22.3 Å². The molecule has 1 aliphatic heterocycles. The Bertz CT molecular complexity index is 474. The Hall–Kier alpha value is -1.36. The Morgan fingerprint density at radius 3 is 2.94 bits per heavy atom. The standard InChI is InChI=1S/C12H13BrN2O2/c1-7-3-2-4-9(11(7)13)12(17)15-8-5-10(16)14-6-8/h2-4,8H,5-6H2,1H3,(H,14,16)(H,15,17). The van der Waals surface area contributed by atoms with Crippen LogP contribution >= 0.6 is 15.9 Å². The van der Waals surface area contributed by atoms with Crippen molar-refractivity contribution < 1.29 is 9.59 Å². The van der Waals surface area contributed by atoms with E-state index in [1.807, 2.05) is 19.1 Å². The zero-order chi connectivity index (χ0) is 12.4. The lowest BCUT2D eigenvalue weighted by atomic mass is 10.1. The highest BCUT2D eigenvalue weighted by Crippen LogP contribution is 2.21. The lowest BCUT2D eigenvalue weighted by molar-refractivity contribution is -0.119. The van der Waals surface area contributed by atoms with Crippen LogP contribution < -0.4 is 10.6 Å². The monoisotopic (exact) mass is 296 g/mol. The van der Waals surface area contributed by atoms with E-state index in [1.165, 1.54) is 0 Å². The average Bonchev–Trinajstić information content (AvgIpc) is 2.68. The summed E-state index contributed by atoms with van der Waals surface area (Å²) in [4.78, 5) is 23.0. The van der Waals surface area contributed by atoms with Crippen molar-refractivity contribution >= 4 is 27.7 Å². The summed E-state index contributed by atoms with van der Waals surface area (Å²) in [6, 6.07) is 5.42. The van der Waals surface area contributed by atoms with E-state index in [0.717, 1.165) is 10.0 Å². The molecule has 4 nitrogen and oxygen atoms in total. The SMILES string of the molecule is Cc1cccc(C(=O)NC2CNC(=O)C2)c1Br. The molecular weight excluding hydrogens is 284 g/mol. The lowest BCUT2D eigenvalue weighted by Gasteiger charge is -2.12. The van der Waals surface area contributed by atoms with Crippen molar-refractivity contribution in [3.05, 3.63) is 33.8 Å². The first-order chi connectivity index (χ1) is 8.08. The van der Waals surface area contributed by atoms with Gasteiger partial charge in [0.25, 0.3) is 5.91 Å². The smallest absolute Gasteiger partial charge is 0.252 e. The predicted octanol–water partition coefficient (Wildman–Crippen LogP) is 1.38. The van der Waals surface area contributed by atoms with E-state index in [0.29, 0.717) is 18.5 Å². The minimum Gasteiger partial charge on any atom is -0.354 e. The topological polar surface area (TPSA) is 58.2 Å². The van der Waals surface area contributed by atoms with Gasteiger partial charge in [-0.05, 0) is 34.5 Å². The number of rotatable bonds is 2. The highest BCUT2D eigenvalue weighted by molar-refractivity contribution is 9.10. The first kappa shape index (κ1) is 12.1. The molecule has 1 atom stereocenters. The molecule has 90 valence electrons. The van der Waals surface area contributed by atoms with E-state index < -0.39 is 0 Å². The van der Waals surface area contributed by atoms with E-state index >= 15 is 0 Å². The molecule has 1 saturated heterocycles. The van der Waals surface area contributed by atoms with Crippen molar-refractivity contribution in [3.63, 3.8) is 0 Å². The Morgan fingerprint density at radius 1 is 1.53 bits per heavy atom. The van der Waals surface area contributed by atoms with E-state index in [-0.39, 0.29) is 17.9 Å². The third kappa shape index (κ3) is 2.66. The van der Waals surface area contributed by atoms with Crippen LogP contribution in [0.5, 0.6) is 0 Å². The van der Waals surface area contributed by atoms with Crippen molar-refractivity contribution in [2.75, 3.05) is 6.54 Å². The number of carbonyl (C=O) groups excluding carboxylic acids is 2. The van der Waals surface area contributed by atoms with Gasteiger partial charge in [0.15, 0.2) is 0 Å². The second-order valence-corrected chi connectivity index (χ2v) is 4.91.